The normalized spacial score (nSPS) is 24.8. The van der Waals surface area contributed by atoms with Crippen LogP contribution in [0.5, 0.6) is 0 Å². The molecule has 1 saturated heterocycles. The van der Waals surface area contributed by atoms with Crippen molar-refractivity contribution in [1.82, 2.24) is 4.90 Å². The zero-order valence-corrected chi connectivity index (χ0v) is 11.1. The summed E-state index contributed by atoms with van der Waals surface area (Å²) in [6.07, 6.45) is 1.02. The molecular formula is C15H21NO2. The van der Waals surface area contributed by atoms with E-state index in [1.165, 1.54) is 5.56 Å². The first-order chi connectivity index (χ1) is 8.72. The first-order valence-corrected chi connectivity index (χ1v) is 6.62. The van der Waals surface area contributed by atoms with Crippen LogP contribution in [-0.2, 0) is 9.53 Å². The molecule has 0 N–H and O–H groups in total. The molecule has 0 saturated carbocycles. The lowest BCUT2D eigenvalue weighted by atomic mass is 9.80. The molecular weight excluding hydrogens is 226 g/mol. The molecule has 0 amide bonds. The molecule has 0 aromatic heterocycles. The SMILES string of the molecule is CCOC(=O)[C@@H]1CN(C)CC[C@H]1c1ccccc1. The van der Waals surface area contributed by atoms with E-state index in [9.17, 15) is 4.79 Å². The molecule has 1 aromatic rings. The lowest BCUT2D eigenvalue weighted by Crippen LogP contribution is -2.41. The maximum Gasteiger partial charge on any atom is 0.310 e. The van der Waals surface area contributed by atoms with Gasteiger partial charge in [-0.2, -0.15) is 0 Å². The van der Waals surface area contributed by atoms with Crippen molar-refractivity contribution in [2.45, 2.75) is 19.3 Å². The smallest absolute Gasteiger partial charge is 0.310 e. The van der Waals surface area contributed by atoms with Crippen LogP contribution < -0.4 is 0 Å². The number of likely N-dealkylation sites (tertiary alicyclic amines) is 1. The van der Waals surface area contributed by atoms with Crippen LogP contribution in [0.1, 0.15) is 24.8 Å². The Balaban J connectivity index is 2.18. The van der Waals surface area contributed by atoms with Gasteiger partial charge in [0, 0.05) is 6.54 Å². The van der Waals surface area contributed by atoms with Crippen molar-refractivity contribution < 1.29 is 9.53 Å². The average Bonchev–Trinajstić information content (AvgIpc) is 2.40. The van der Waals surface area contributed by atoms with Crippen molar-refractivity contribution in [3.63, 3.8) is 0 Å². The van der Waals surface area contributed by atoms with E-state index < -0.39 is 0 Å². The standard InChI is InChI=1S/C15H21NO2/c1-3-18-15(17)14-11-16(2)10-9-13(14)12-7-5-4-6-8-12/h4-8,13-14H,3,9-11H2,1-2H3/t13-,14+/m0/s1. The third-order valence-corrected chi connectivity index (χ3v) is 3.63. The largest absolute Gasteiger partial charge is 0.466 e. The zero-order valence-electron chi connectivity index (χ0n) is 11.1. The third kappa shape index (κ3) is 2.91. The van der Waals surface area contributed by atoms with Gasteiger partial charge in [0.2, 0.25) is 0 Å². The van der Waals surface area contributed by atoms with Gasteiger partial charge >= 0.3 is 5.97 Å². The number of rotatable bonds is 3. The number of piperidine rings is 1. The van der Waals surface area contributed by atoms with Gasteiger partial charge in [0.1, 0.15) is 0 Å². The van der Waals surface area contributed by atoms with Gasteiger partial charge in [-0.3, -0.25) is 4.79 Å². The number of nitrogens with zero attached hydrogens (tertiary/aromatic N) is 1. The van der Waals surface area contributed by atoms with Crippen LogP contribution in [0.2, 0.25) is 0 Å². The summed E-state index contributed by atoms with van der Waals surface area (Å²) in [5, 5.41) is 0. The highest BCUT2D eigenvalue weighted by Gasteiger charge is 2.34. The van der Waals surface area contributed by atoms with Crippen LogP contribution in [0, 0.1) is 5.92 Å². The summed E-state index contributed by atoms with van der Waals surface area (Å²) in [6, 6.07) is 10.3. The summed E-state index contributed by atoms with van der Waals surface area (Å²) in [4.78, 5) is 14.3. The minimum absolute atomic E-state index is 0.0360. The first-order valence-electron chi connectivity index (χ1n) is 6.62. The van der Waals surface area contributed by atoms with Crippen molar-refractivity contribution in [1.29, 1.82) is 0 Å². The summed E-state index contributed by atoms with van der Waals surface area (Å²) in [6.45, 7) is 4.15. The highest BCUT2D eigenvalue weighted by molar-refractivity contribution is 5.74. The molecule has 1 heterocycles. The number of benzene rings is 1. The molecule has 1 aliphatic rings. The fourth-order valence-corrected chi connectivity index (χ4v) is 2.70. The molecule has 1 fully saturated rings. The zero-order chi connectivity index (χ0) is 13.0. The van der Waals surface area contributed by atoms with E-state index in [-0.39, 0.29) is 11.9 Å². The van der Waals surface area contributed by atoms with E-state index in [4.69, 9.17) is 4.74 Å². The Labute approximate surface area is 109 Å². The molecule has 2 rings (SSSR count). The van der Waals surface area contributed by atoms with Gasteiger partial charge in [-0.15, -0.1) is 0 Å². The van der Waals surface area contributed by atoms with Crippen molar-refractivity contribution >= 4 is 5.97 Å². The monoisotopic (exact) mass is 247 g/mol. The van der Waals surface area contributed by atoms with Crippen LogP contribution in [0.15, 0.2) is 30.3 Å². The van der Waals surface area contributed by atoms with E-state index in [2.05, 4.69) is 24.1 Å². The van der Waals surface area contributed by atoms with Crippen LogP contribution in [0.4, 0.5) is 0 Å². The minimum Gasteiger partial charge on any atom is -0.466 e. The average molecular weight is 247 g/mol. The van der Waals surface area contributed by atoms with Crippen LogP contribution in [-0.4, -0.2) is 37.6 Å². The number of hydrogen-bond acceptors (Lipinski definition) is 3. The van der Waals surface area contributed by atoms with Gasteiger partial charge in [-0.25, -0.2) is 0 Å². The van der Waals surface area contributed by atoms with Crippen LogP contribution in [0.25, 0.3) is 0 Å². The Morgan fingerprint density at radius 1 is 1.39 bits per heavy atom. The summed E-state index contributed by atoms with van der Waals surface area (Å²) in [7, 11) is 2.06. The quantitative estimate of drug-likeness (QED) is 0.767. The summed E-state index contributed by atoms with van der Waals surface area (Å²) < 4.78 is 5.22. The van der Waals surface area contributed by atoms with Gasteiger partial charge in [-0.05, 0) is 38.4 Å². The van der Waals surface area contributed by atoms with Gasteiger partial charge in [0.05, 0.1) is 12.5 Å². The third-order valence-electron chi connectivity index (χ3n) is 3.63. The molecule has 0 bridgehead atoms. The van der Waals surface area contributed by atoms with Gasteiger partial charge in [0.15, 0.2) is 0 Å². The minimum atomic E-state index is -0.0575. The van der Waals surface area contributed by atoms with E-state index >= 15 is 0 Å². The van der Waals surface area contributed by atoms with E-state index in [0.717, 1.165) is 19.5 Å². The van der Waals surface area contributed by atoms with Crippen LogP contribution >= 0.6 is 0 Å². The fraction of sp³-hybridized carbons (Fsp3) is 0.533. The number of carbonyl (C=O) groups excluding carboxylic acids is 1. The molecule has 0 unspecified atom stereocenters. The first kappa shape index (κ1) is 13.1. The van der Waals surface area contributed by atoms with E-state index in [1.54, 1.807) is 0 Å². The fourth-order valence-electron chi connectivity index (χ4n) is 2.70. The Hall–Kier alpha value is -1.35. The Morgan fingerprint density at radius 2 is 2.11 bits per heavy atom. The lowest BCUT2D eigenvalue weighted by Gasteiger charge is -2.35. The molecule has 0 aliphatic carbocycles. The molecule has 1 aromatic carbocycles. The second-order valence-electron chi connectivity index (χ2n) is 4.93. The molecule has 3 heteroatoms. The van der Waals surface area contributed by atoms with Gasteiger partial charge < -0.3 is 9.64 Å². The maximum absolute atomic E-state index is 12.1. The van der Waals surface area contributed by atoms with Crippen LogP contribution in [0.3, 0.4) is 0 Å². The lowest BCUT2D eigenvalue weighted by molar-refractivity contribution is -0.150. The number of esters is 1. The maximum atomic E-state index is 12.1. The van der Waals surface area contributed by atoms with Crippen molar-refractivity contribution in [3.8, 4) is 0 Å². The van der Waals surface area contributed by atoms with E-state index in [0.29, 0.717) is 12.5 Å². The second kappa shape index (κ2) is 6.01. The predicted octanol–water partition coefficient (Wildman–Crippen LogP) is 2.29. The number of ether oxygens (including phenoxy) is 1. The molecule has 0 radical (unpaired) electrons. The molecule has 1 aliphatic heterocycles. The Bertz CT molecular complexity index is 391. The van der Waals surface area contributed by atoms with Gasteiger partial charge in [0.25, 0.3) is 0 Å². The Kier molecular flexibility index (Phi) is 4.37. The molecule has 3 nitrogen and oxygen atoms in total. The van der Waals surface area contributed by atoms with E-state index in [1.807, 2.05) is 25.1 Å². The van der Waals surface area contributed by atoms with Crippen molar-refractivity contribution in [2.24, 2.45) is 5.92 Å². The molecule has 2 atom stereocenters. The second-order valence-corrected chi connectivity index (χ2v) is 4.93. The highest BCUT2D eigenvalue weighted by atomic mass is 16.5. The van der Waals surface area contributed by atoms with Gasteiger partial charge in [-0.1, -0.05) is 30.3 Å². The number of carbonyl (C=O) groups is 1. The molecule has 98 valence electrons. The Morgan fingerprint density at radius 3 is 2.78 bits per heavy atom. The number of hydrogen-bond donors (Lipinski definition) is 0. The molecule has 18 heavy (non-hydrogen) atoms. The summed E-state index contributed by atoms with van der Waals surface area (Å²) in [5.74, 6) is 0.199. The highest BCUT2D eigenvalue weighted by Crippen LogP contribution is 2.33. The topological polar surface area (TPSA) is 29.5 Å². The van der Waals surface area contributed by atoms with Crippen molar-refractivity contribution in [3.05, 3.63) is 35.9 Å². The summed E-state index contributed by atoms with van der Waals surface area (Å²) >= 11 is 0. The molecule has 0 spiro atoms. The summed E-state index contributed by atoms with van der Waals surface area (Å²) in [5.41, 5.74) is 1.25. The predicted molar refractivity (Wildman–Crippen MR) is 71.4 cm³/mol. The van der Waals surface area contributed by atoms with Crippen molar-refractivity contribution in [2.75, 3.05) is 26.7 Å².